The van der Waals surface area contributed by atoms with Gasteiger partial charge in [-0.2, -0.15) is 0 Å². The first-order valence-corrected chi connectivity index (χ1v) is 11.4. The van der Waals surface area contributed by atoms with Gasteiger partial charge in [-0.05, 0) is 47.2 Å². The van der Waals surface area contributed by atoms with Gasteiger partial charge in [-0.25, -0.2) is 0 Å². The molecule has 0 unspecified atom stereocenters. The molecule has 3 nitrogen and oxygen atoms in total. The molecule has 1 amide bonds. The van der Waals surface area contributed by atoms with E-state index in [4.69, 9.17) is 4.74 Å². The molecule has 1 aliphatic carbocycles. The Hall–Kier alpha value is -3.85. The molecule has 0 saturated carbocycles. The number of hydrogen-bond acceptors (Lipinski definition) is 2. The topological polar surface area (TPSA) is 29.5 Å². The zero-order valence-corrected chi connectivity index (χ0v) is 18.8. The lowest BCUT2D eigenvalue weighted by atomic mass is 9.97. The number of nitrogens with zero attached hydrogens (tertiary/aromatic N) is 1. The van der Waals surface area contributed by atoms with Crippen molar-refractivity contribution in [2.75, 3.05) is 7.11 Å². The maximum atomic E-state index is 14.2. The summed E-state index contributed by atoms with van der Waals surface area (Å²) in [6, 6.07) is 34.7. The summed E-state index contributed by atoms with van der Waals surface area (Å²) in [6.07, 6.45) is 1.73. The van der Waals surface area contributed by atoms with Crippen LogP contribution in [-0.4, -0.2) is 24.0 Å². The first-order chi connectivity index (χ1) is 16.2. The fourth-order valence-electron chi connectivity index (χ4n) is 4.83. The third-order valence-corrected chi connectivity index (χ3v) is 6.51. The normalized spacial score (nSPS) is 12.9. The molecule has 0 bridgehead atoms. The Bertz CT molecular complexity index is 1240. The number of hydrogen-bond donors (Lipinski definition) is 0. The SMILES string of the molecule is COc1ccccc1CN(C(=O)c1ccccc1-c1ccccc1)C1Cc2ccccc2C1. The van der Waals surface area contributed by atoms with E-state index in [1.807, 2.05) is 71.6 Å². The molecule has 33 heavy (non-hydrogen) atoms. The van der Waals surface area contributed by atoms with Crippen molar-refractivity contribution < 1.29 is 9.53 Å². The Morgan fingerprint density at radius 2 is 1.39 bits per heavy atom. The monoisotopic (exact) mass is 433 g/mol. The van der Waals surface area contributed by atoms with E-state index in [2.05, 4.69) is 36.4 Å². The summed E-state index contributed by atoms with van der Waals surface area (Å²) in [5.41, 5.74) is 6.42. The molecule has 0 heterocycles. The van der Waals surface area contributed by atoms with Gasteiger partial charge in [-0.1, -0.05) is 91.0 Å². The number of benzene rings is 4. The Kier molecular flexibility index (Phi) is 5.95. The molecule has 0 spiro atoms. The number of para-hydroxylation sites is 1. The van der Waals surface area contributed by atoms with Gasteiger partial charge in [-0.15, -0.1) is 0 Å². The average Bonchev–Trinajstić information content (AvgIpc) is 3.31. The highest BCUT2D eigenvalue weighted by Gasteiger charge is 2.32. The Labute approximate surface area is 195 Å². The van der Waals surface area contributed by atoms with Gasteiger partial charge < -0.3 is 9.64 Å². The smallest absolute Gasteiger partial charge is 0.255 e. The fourth-order valence-corrected chi connectivity index (χ4v) is 4.83. The summed E-state index contributed by atoms with van der Waals surface area (Å²) >= 11 is 0. The molecule has 0 radical (unpaired) electrons. The van der Waals surface area contributed by atoms with Crippen LogP contribution in [0.15, 0.2) is 103 Å². The minimum atomic E-state index is 0.0539. The van der Waals surface area contributed by atoms with Crippen molar-refractivity contribution in [1.29, 1.82) is 0 Å². The molecule has 0 fully saturated rings. The molecular formula is C30H27NO2. The number of carbonyl (C=O) groups is 1. The highest BCUT2D eigenvalue weighted by Crippen LogP contribution is 2.32. The highest BCUT2D eigenvalue weighted by atomic mass is 16.5. The second kappa shape index (κ2) is 9.33. The number of amides is 1. The summed E-state index contributed by atoms with van der Waals surface area (Å²) in [4.78, 5) is 16.2. The first-order valence-electron chi connectivity index (χ1n) is 11.4. The second-order valence-electron chi connectivity index (χ2n) is 8.49. The molecule has 164 valence electrons. The van der Waals surface area contributed by atoms with Gasteiger partial charge in [0.25, 0.3) is 5.91 Å². The van der Waals surface area contributed by atoms with E-state index >= 15 is 0 Å². The highest BCUT2D eigenvalue weighted by molar-refractivity contribution is 6.01. The lowest BCUT2D eigenvalue weighted by molar-refractivity contribution is 0.0667. The quantitative estimate of drug-likeness (QED) is 0.364. The predicted octanol–water partition coefficient (Wildman–Crippen LogP) is 6.17. The van der Waals surface area contributed by atoms with Crippen LogP contribution < -0.4 is 4.74 Å². The lowest BCUT2D eigenvalue weighted by Crippen LogP contribution is -2.40. The van der Waals surface area contributed by atoms with Crippen LogP contribution in [0.4, 0.5) is 0 Å². The summed E-state index contributed by atoms with van der Waals surface area (Å²) in [5.74, 6) is 0.861. The van der Waals surface area contributed by atoms with Gasteiger partial charge in [0.2, 0.25) is 0 Å². The van der Waals surface area contributed by atoms with E-state index in [0.29, 0.717) is 6.54 Å². The fraction of sp³-hybridized carbons (Fsp3) is 0.167. The lowest BCUT2D eigenvalue weighted by Gasteiger charge is -2.30. The van der Waals surface area contributed by atoms with E-state index in [1.54, 1.807) is 7.11 Å². The van der Waals surface area contributed by atoms with Crippen LogP contribution in [0.2, 0.25) is 0 Å². The zero-order chi connectivity index (χ0) is 22.6. The van der Waals surface area contributed by atoms with E-state index in [0.717, 1.165) is 40.8 Å². The average molecular weight is 434 g/mol. The Morgan fingerprint density at radius 1 is 0.788 bits per heavy atom. The van der Waals surface area contributed by atoms with Gasteiger partial charge in [0.05, 0.1) is 7.11 Å². The molecule has 0 atom stereocenters. The molecule has 5 rings (SSSR count). The molecule has 0 aliphatic heterocycles. The first kappa shape index (κ1) is 21.0. The summed E-state index contributed by atoms with van der Waals surface area (Å²) < 4.78 is 5.61. The van der Waals surface area contributed by atoms with Crippen LogP contribution in [0.5, 0.6) is 5.75 Å². The Morgan fingerprint density at radius 3 is 2.12 bits per heavy atom. The molecule has 0 N–H and O–H groups in total. The van der Waals surface area contributed by atoms with Gasteiger partial charge in [-0.3, -0.25) is 4.79 Å². The van der Waals surface area contributed by atoms with Crippen LogP contribution in [0.3, 0.4) is 0 Å². The van der Waals surface area contributed by atoms with E-state index in [1.165, 1.54) is 11.1 Å². The van der Waals surface area contributed by atoms with Crippen LogP contribution in [-0.2, 0) is 19.4 Å². The minimum Gasteiger partial charge on any atom is -0.496 e. The van der Waals surface area contributed by atoms with E-state index in [9.17, 15) is 4.79 Å². The summed E-state index contributed by atoms with van der Waals surface area (Å²) in [5, 5.41) is 0. The van der Waals surface area contributed by atoms with Crippen molar-refractivity contribution in [3.05, 3.63) is 125 Å². The second-order valence-corrected chi connectivity index (χ2v) is 8.49. The summed E-state index contributed by atoms with van der Waals surface area (Å²) in [7, 11) is 1.68. The maximum Gasteiger partial charge on any atom is 0.255 e. The number of rotatable bonds is 6. The van der Waals surface area contributed by atoms with Crippen molar-refractivity contribution in [2.45, 2.75) is 25.4 Å². The molecule has 1 aliphatic rings. The van der Waals surface area contributed by atoms with Gasteiger partial charge >= 0.3 is 0 Å². The molecular weight excluding hydrogens is 406 g/mol. The predicted molar refractivity (Wildman–Crippen MR) is 132 cm³/mol. The van der Waals surface area contributed by atoms with Crippen molar-refractivity contribution in [2.24, 2.45) is 0 Å². The minimum absolute atomic E-state index is 0.0539. The third kappa shape index (κ3) is 4.27. The number of methoxy groups -OCH3 is 1. The standard InChI is InChI=1S/C30H27NO2/c1-33-29-18-10-7-15-25(29)21-31(26-19-23-13-5-6-14-24(23)20-26)30(32)28-17-9-8-16-27(28)22-11-3-2-4-12-22/h2-18,26H,19-21H2,1H3. The summed E-state index contributed by atoms with van der Waals surface area (Å²) in [6.45, 7) is 0.505. The van der Waals surface area contributed by atoms with Crippen molar-refractivity contribution >= 4 is 5.91 Å². The number of carbonyl (C=O) groups excluding carboxylic acids is 1. The van der Waals surface area contributed by atoms with Crippen molar-refractivity contribution in [3.8, 4) is 16.9 Å². The number of fused-ring (bicyclic) bond motifs is 1. The Balaban J connectivity index is 1.55. The van der Waals surface area contributed by atoms with E-state index in [-0.39, 0.29) is 11.9 Å². The maximum absolute atomic E-state index is 14.2. The molecule has 0 aromatic heterocycles. The van der Waals surface area contributed by atoms with Crippen LogP contribution >= 0.6 is 0 Å². The van der Waals surface area contributed by atoms with Gasteiger partial charge in [0.1, 0.15) is 5.75 Å². The molecule has 4 aromatic rings. The van der Waals surface area contributed by atoms with Crippen LogP contribution in [0, 0.1) is 0 Å². The third-order valence-electron chi connectivity index (χ3n) is 6.51. The van der Waals surface area contributed by atoms with Gasteiger partial charge in [0.15, 0.2) is 0 Å². The van der Waals surface area contributed by atoms with Crippen LogP contribution in [0.1, 0.15) is 27.0 Å². The largest absolute Gasteiger partial charge is 0.496 e. The van der Waals surface area contributed by atoms with Crippen LogP contribution in [0.25, 0.3) is 11.1 Å². The molecule has 3 heteroatoms. The molecule has 0 saturated heterocycles. The van der Waals surface area contributed by atoms with Gasteiger partial charge in [0, 0.05) is 23.7 Å². The van der Waals surface area contributed by atoms with E-state index < -0.39 is 0 Å². The van der Waals surface area contributed by atoms with Crippen molar-refractivity contribution in [1.82, 2.24) is 4.90 Å². The zero-order valence-electron chi connectivity index (χ0n) is 18.8. The number of ether oxygens (including phenoxy) is 1. The molecule has 4 aromatic carbocycles. The van der Waals surface area contributed by atoms with Crippen molar-refractivity contribution in [3.63, 3.8) is 0 Å².